The van der Waals surface area contributed by atoms with Gasteiger partial charge in [-0.1, -0.05) is 59.8 Å². The van der Waals surface area contributed by atoms with E-state index in [0.717, 1.165) is 40.1 Å². The molecule has 1 heterocycles. The van der Waals surface area contributed by atoms with Gasteiger partial charge in [-0.2, -0.15) is 0 Å². The molecule has 2 amide bonds. The lowest BCUT2D eigenvalue weighted by atomic mass is 10.1. The first-order valence-electron chi connectivity index (χ1n) is 10.3. The third kappa shape index (κ3) is 3.68. The van der Waals surface area contributed by atoms with Crippen LogP contribution in [-0.2, 0) is 14.4 Å². The Balaban J connectivity index is 1.27. The summed E-state index contributed by atoms with van der Waals surface area (Å²) in [7, 11) is 0. The third-order valence-corrected chi connectivity index (χ3v) is 5.52. The maximum atomic E-state index is 12.4. The molecule has 0 atom stereocenters. The van der Waals surface area contributed by atoms with E-state index >= 15 is 0 Å². The van der Waals surface area contributed by atoms with Crippen molar-refractivity contribution in [3.05, 3.63) is 83.9 Å². The molecule has 0 radical (unpaired) electrons. The normalized spacial score (nSPS) is 14.3. The van der Waals surface area contributed by atoms with Gasteiger partial charge in [-0.05, 0) is 35.7 Å². The van der Waals surface area contributed by atoms with Gasteiger partial charge in [-0.25, -0.2) is 0 Å². The van der Waals surface area contributed by atoms with Gasteiger partial charge in [0, 0.05) is 35.5 Å². The molecule has 6 heteroatoms. The number of hydrogen-bond acceptors (Lipinski definition) is 4. The molecule has 1 aliphatic carbocycles. The van der Waals surface area contributed by atoms with Crippen LogP contribution in [0.4, 0.5) is 11.4 Å². The third-order valence-electron chi connectivity index (χ3n) is 5.52. The number of hydrogen-bond donors (Lipinski definition) is 1. The number of fused-ring (bicyclic) bond motifs is 3. The number of carbonyl (C=O) groups is 2. The molecule has 0 spiro atoms. The smallest absolute Gasteiger partial charge is 0.265 e. The van der Waals surface area contributed by atoms with E-state index in [1.807, 2.05) is 48.5 Å². The summed E-state index contributed by atoms with van der Waals surface area (Å²) in [6, 6.07) is 23.3. The Morgan fingerprint density at radius 1 is 0.935 bits per heavy atom. The SMILES string of the molecule is O=C(CON=C1c2ccccc2-c2ccccc21)Nc1cccc(N2CCCC2=O)c1. The highest BCUT2D eigenvalue weighted by atomic mass is 16.6. The predicted octanol–water partition coefficient (Wildman–Crippen LogP) is 4.20. The van der Waals surface area contributed by atoms with Crippen molar-refractivity contribution >= 4 is 28.9 Å². The zero-order chi connectivity index (χ0) is 21.2. The molecule has 1 aliphatic heterocycles. The lowest BCUT2D eigenvalue weighted by Gasteiger charge is -2.16. The van der Waals surface area contributed by atoms with Gasteiger partial charge in [0.25, 0.3) is 5.91 Å². The Hall–Kier alpha value is -3.93. The Morgan fingerprint density at radius 3 is 2.26 bits per heavy atom. The molecule has 3 aromatic carbocycles. The minimum Gasteiger partial charge on any atom is -0.385 e. The summed E-state index contributed by atoms with van der Waals surface area (Å²) in [5.74, 6) is -0.200. The second-order valence-electron chi connectivity index (χ2n) is 7.55. The summed E-state index contributed by atoms with van der Waals surface area (Å²) in [5, 5.41) is 7.09. The second kappa shape index (κ2) is 8.07. The van der Waals surface area contributed by atoms with Gasteiger partial charge in [0.2, 0.25) is 5.91 Å². The van der Waals surface area contributed by atoms with E-state index in [9.17, 15) is 9.59 Å². The van der Waals surface area contributed by atoms with Crippen molar-refractivity contribution in [3.63, 3.8) is 0 Å². The fourth-order valence-corrected chi connectivity index (χ4v) is 4.12. The molecule has 6 nitrogen and oxygen atoms in total. The van der Waals surface area contributed by atoms with E-state index in [2.05, 4.69) is 22.6 Å². The monoisotopic (exact) mass is 411 g/mol. The quantitative estimate of drug-likeness (QED) is 0.500. The van der Waals surface area contributed by atoms with Gasteiger partial charge in [-0.3, -0.25) is 9.59 Å². The molecule has 3 aromatic rings. The molecule has 2 aliphatic rings. The number of anilines is 2. The van der Waals surface area contributed by atoms with Crippen LogP contribution in [0.1, 0.15) is 24.0 Å². The lowest BCUT2D eigenvalue weighted by molar-refractivity contribution is -0.120. The number of benzene rings is 3. The maximum absolute atomic E-state index is 12.4. The first kappa shape index (κ1) is 19.1. The van der Waals surface area contributed by atoms with Crippen LogP contribution in [-0.4, -0.2) is 30.7 Å². The van der Waals surface area contributed by atoms with E-state index in [-0.39, 0.29) is 18.4 Å². The molecule has 0 aromatic heterocycles. The second-order valence-corrected chi connectivity index (χ2v) is 7.55. The largest absolute Gasteiger partial charge is 0.385 e. The summed E-state index contributed by atoms with van der Waals surface area (Å²) in [5.41, 5.74) is 6.35. The minimum atomic E-state index is -0.311. The van der Waals surface area contributed by atoms with Crippen LogP contribution in [0, 0.1) is 0 Å². The Labute approximate surface area is 180 Å². The molecule has 1 saturated heterocycles. The van der Waals surface area contributed by atoms with Crippen LogP contribution in [0.3, 0.4) is 0 Å². The molecule has 0 unspecified atom stereocenters. The summed E-state index contributed by atoms with van der Waals surface area (Å²) >= 11 is 0. The molecular weight excluding hydrogens is 390 g/mol. The molecule has 1 N–H and O–H groups in total. The van der Waals surface area contributed by atoms with Gasteiger partial charge in [0.15, 0.2) is 6.61 Å². The van der Waals surface area contributed by atoms with Crippen LogP contribution in [0.5, 0.6) is 0 Å². The van der Waals surface area contributed by atoms with Crippen LogP contribution >= 0.6 is 0 Å². The Bertz CT molecular complexity index is 1150. The average molecular weight is 411 g/mol. The van der Waals surface area contributed by atoms with Gasteiger partial charge in [-0.15, -0.1) is 0 Å². The highest BCUT2D eigenvalue weighted by Crippen LogP contribution is 2.36. The van der Waals surface area contributed by atoms with Crippen LogP contribution in [0.2, 0.25) is 0 Å². The zero-order valence-corrected chi connectivity index (χ0v) is 16.9. The van der Waals surface area contributed by atoms with Crippen LogP contribution < -0.4 is 10.2 Å². The van der Waals surface area contributed by atoms with Gasteiger partial charge >= 0.3 is 0 Å². The fraction of sp³-hybridized carbons (Fsp3) is 0.160. The number of nitrogens with one attached hydrogen (secondary N) is 1. The molecular formula is C25H21N3O3. The van der Waals surface area contributed by atoms with Crippen molar-refractivity contribution in [2.75, 3.05) is 23.4 Å². The maximum Gasteiger partial charge on any atom is 0.265 e. The topological polar surface area (TPSA) is 71.0 Å². The standard InChI is InChI=1S/C25H21N3O3/c29-23(26-17-7-5-8-18(15-17)28-14-6-13-24(28)30)16-31-27-25-21-11-3-1-9-19(21)20-10-2-4-12-22(20)25/h1-5,7-12,15H,6,13-14,16H2,(H,26,29). The van der Waals surface area contributed by atoms with E-state index in [0.29, 0.717) is 18.7 Å². The minimum absolute atomic E-state index is 0.111. The predicted molar refractivity (Wildman–Crippen MR) is 120 cm³/mol. The summed E-state index contributed by atoms with van der Waals surface area (Å²) in [6.07, 6.45) is 1.42. The Kier molecular flexibility index (Phi) is 4.96. The number of nitrogens with zero attached hydrogens (tertiary/aromatic N) is 2. The lowest BCUT2D eigenvalue weighted by Crippen LogP contribution is -2.24. The molecule has 5 rings (SSSR count). The first-order valence-corrected chi connectivity index (χ1v) is 10.3. The molecule has 31 heavy (non-hydrogen) atoms. The summed E-state index contributed by atoms with van der Waals surface area (Å²) < 4.78 is 0. The fourth-order valence-electron chi connectivity index (χ4n) is 4.12. The van der Waals surface area contributed by atoms with E-state index < -0.39 is 0 Å². The van der Waals surface area contributed by atoms with Gasteiger partial charge < -0.3 is 15.1 Å². The van der Waals surface area contributed by atoms with Crippen LogP contribution in [0.25, 0.3) is 11.1 Å². The van der Waals surface area contributed by atoms with Crippen molar-refractivity contribution in [2.24, 2.45) is 5.16 Å². The van der Waals surface area contributed by atoms with Crippen molar-refractivity contribution in [3.8, 4) is 11.1 Å². The number of oxime groups is 1. The zero-order valence-electron chi connectivity index (χ0n) is 16.9. The van der Waals surface area contributed by atoms with E-state index in [1.165, 1.54) is 0 Å². The van der Waals surface area contributed by atoms with E-state index in [1.54, 1.807) is 17.0 Å². The average Bonchev–Trinajstić information content (AvgIpc) is 3.36. The van der Waals surface area contributed by atoms with Crippen molar-refractivity contribution in [1.29, 1.82) is 0 Å². The number of carbonyl (C=O) groups excluding carboxylic acids is 2. The van der Waals surface area contributed by atoms with Gasteiger partial charge in [0.05, 0.1) is 0 Å². The van der Waals surface area contributed by atoms with Crippen molar-refractivity contribution < 1.29 is 14.4 Å². The summed E-state index contributed by atoms with van der Waals surface area (Å²) in [4.78, 5) is 31.5. The summed E-state index contributed by atoms with van der Waals surface area (Å²) in [6.45, 7) is 0.500. The molecule has 0 bridgehead atoms. The van der Waals surface area contributed by atoms with Crippen molar-refractivity contribution in [2.45, 2.75) is 12.8 Å². The molecule has 0 saturated carbocycles. The molecule has 1 fully saturated rings. The highest BCUT2D eigenvalue weighted by Gasteiger charge is 2.25. The number of amides is 2. The van der Waals surface area contributed by atoms with Crippen LogP contribution in [0.15, 0.2) is 78.0 Å². The highest BCUT2D eigenvalue weighted by molar-refractivity contribution is 6.24. The first-order chi connectivity index (χ1) is 15.2. The Morgan fingerprint density at radius 2 is 1.61 bits per heavy atom. The van der Waals surface area contributed by atoms with Crippen molar-refractivity contribution in [1.82, 2.24) is 0 Å². The van der Waals surface area contributed by atoms with E-state index in [4.69, 9.17) is 4.84 Å². The van der Waals surface area contributed by atoms with Gasteiger partial charge in [0.1, 0.15) is 5.71 Å². The number of rotatable bonds is 5. The molecule has 154 valence electrons.